The number of carbonyl (C=O) groups is 2. The van der Waals surface area contributed by atoms with Crippen molar-refractivity contribution in [3.05, 3.63) is 59.4 Å². The van der Waals surface area contributed by atoms with Crippen molar-refractivity contribution in [1.29, 1.82) is 0 Å². The van der Waals surface area contributed by atoms with Crippen molar-refractivity contribution >= 4 is 11.8 Å². The fourth-order valence-electron chi connectivity index (χ4n) is 3.17. The Bertz CT molecular complexity index is 870. The number of rotatable bonds is 11. The first-order valence-corrected chi connectivity index (χ1v) is 10.4. The SMILES string of the molecule is CCCCNC(=O)C(C)N(Cc1ccc(F)cc1)C(=O)Cc1ccc(OC)c(OC)c1. The standard InChI is InChI=1S/C24H31FN2O4/c1-5-6-13-26-24(29)17(2)27(16-18-7-10-20(25)11-8-18)23(28)15-19-9-12-21(30-3)22(14-19)31-4/h7-12,14,17H,5-6,13,15-16H2,1-4H3,(H,26,29). The summed E-state index contributed by atoms with van der Waals surface area (Å²) in [6.45, 7) is 4.52. The summed E-state index contributed by atoms with van der Waals surface area (Å²) in [7, 11) is 3.08. The topological polar surface area (TPSA) is 67.9 Å². The Kier molecular flexibility index (Phi) is 9.31. The summed E-state index contributed by atoms with van der Waals surface area (Å²) in [4.78, 5) is 27.4. The van der Waals surface area contributed by atoms with Gasteiger partial charge >= 0.3 is 0 Å². The summed E-state index contributed by atoms with van der Waals surface area (Å²) in [5.41, 5.74) is 1.49. The summed E-state index contributed by atoms with van der Waals surface area (Å²) in [5.74, 6) is 0.331. The maximum Gasteiger partial charge on any atom is 0.242 e. The molecule has 7 heteroatoms. The van der Waals surface area contributed by atoms with E-state index in [2.05, 4.69) is 5.32 Å². The van der Waals surface area contributed by atoms with E-state index in [-0.39, 0.29) is 30.6 Å². The van der Waals surface area contributed by atoms with Crippen LogP contribution in [0.2, 0.25) is 0 Å². The van der Waals surface area contributed by atoms with E-state index < -0.39 is 6.04 Å². The molecular formula is C24H31FN2O4. The number of nitrogens with one attached hydrogen (secondary N) is 1. The number of methoxy groups -OCH3 is 2. The molecule has 0 saturated heterocycles. The van der Waals surface area contributed by atoms with E-state index >= 15 is 0 Å². The van der Waals surface area contributed by atoms with Crippen LogP contribution in [0, 0.1) is 5.82 Å². The van der Waals surface area contributed by atoms with E-state index in [9.17, 15) is 14.0 Å². The van der Waals surface area contributed by atoms with Crippen LogP contribution < -0.4 is 14.8 Å². The summed E-state index contributed by atoms with van der Waals surface area (Å²) < 4.78 is 23.9. The molecule has 0 aliphatic carbocycles. The predicted molar refractivity (Wildman–Crippen MR) is 118 cm³/mol. The first-order valence-electron chi connectivity index (χ1n) is 10.4. The molecule has 2 aromatic carbocycles. The average Bonchev–Trinajstić information content (AvgIpc) is 2.78. The molecule has 1 N–H and O–H groups in total. The van der Waals surface area contributed by atoms with Crippen molar-refractivity contribution in [2.75, 3.05) is 20.8 Å². The van der Waals surface area contributed by atoms with Gasteiger partial charge in [-0.15, -0.1) is 0 Å². The number of carbonyl (C=O) groups excluding carboxylic acids is 2. The highest BCUT2D eigenvalue weighted by molar-refractivity contribution is 5.88. The van der Waals surface area contributed by atoms with Gasteiger partial charge in [-0.1, -0.05) is 31.5 Å². The third kappa shape index (κ3) is 6.98. The fraction of sp³-hybridized carbons (Fsp3) is 0.417. The summed E-state index contributed by atoms with van der Waals surface area (Å²) >= 11 is 0. The zero-order valence-electron chi connectivity index (χ0n) is 18.6. The summed E-state index contributed by atoms with van der Waals surface area (Å²) in [6, 6.07) is 10.5. The van der Waals surface area contributed by atoms with E-state index in [4.69, 9.17) is 9.47 Å². The molecule has 0 saturated carbocycles. The van der Waals surface area contributed by atoms with Gasteiger partial charge in [0.05, 0.1) is 20.6 Å². The normalized spacial score (nSPS) is 11.5. The molecule has 2 amide bonds. The quantitative estimate of drug-likeness (QED) is 0.552. The Morgan fingerprint density at radius 3 is 2.29 bits per heavy atom. The molecule has 31 heavy (non-hydrogen) atoms. The largest absolute Gasteiger partial charge is 0.493 e. The number of nitrogens with zero attached hydrogens (tertiary/aromatic N) is 1. The maximum absolute atomic E-state index is 13.3. The smallest absolute Gasteiger partial charge is 0.242 e. The molecule has 1 atom stereocenters. The number of amides is 2. The molecule has 2 aromatic rings. The second kappa shape index (κ2) is 11.9. The number of halogens is 1. The number of unbranched alkanes of at least 4 members (excludes halogenated alkanes) is 1. The molecule has 1 unspecified atom stereocenters. The molecule has 0 bridgehead atoms. The Morgan fingerprint density at radius 1 is 1.03 bits per heavy atom. The van der Waals surface area contributed by atoms with Crippen LogP contribution in [-0.2, 0) is 22.6 Å². The Balaban J connectivity index is 2.22. The van der Waals surface area contributed by atoms with Crippen molar-refractivity contribution in [1.82, 2.24) is 10.2 Å². The lowest BCUT2D eigenvalue weighted by Gasteiger charge is -2.29. The third-order valence-electron chi connectivity index (χ3n) is 5.07. The van der Waals surface area contributed by atoms with Gasteiger partial charge in [0, 0.05) is 13.1 Å². The number of hydrogen-bond donors (Lipinski definition) is 1. The van der Waals surface area contributed by atoms with E-state index in [0.29, 0.717) is 18.0 Å². The van der Waals surface area contributed by atoms with Crippen LogP contribution in [0.15, 0.2) is 42.5 Å². The average molecular weight is 431 g/mol. The van der Waals surface area contributed by atoms with Crippen molar-refractivity contribution in [2.24, 2.45) is 0 Å². The molecular weight excluding hydrogens is 399 g/mol. The minimum atomic E-state index is -0.672. The summed E-state index contributed by atoms with van der Waals surface area (Å²) in [5, 5.41) is 2.88. The van der Waals surface area contributed by atoms with Crippen LogP contribution >= 0.6 is 0 Å². The van der Waals surface area contributed by atoms with Crippen LogP contribution in [0.25, 0.3) is 0 Å². The number of benzene rings is 2. The molecule has 168 valence electrons. The molecule has 2 rings (SSSR count). The predicted octanol–water partition coefficient (Wildman–Crippen LogP) is 3.72. The van der Waals surface area contributed by atoms with Crippen molar-refractivity contribution in [3.63, 3.8) is 0 Å². The highest BCUT2D eigenvalue weighted by atomic mass is 19.1. The molecule has 0 aliphatic heterocycles. The zero-order chi connectivity index (χ0) is 22.8. The van der Waals surface area contributed by atoms with Crippen LogP contribution in [-0.4, -0.2) is 43.5 Å². The molecule has 0 heterocycles. The first-order chi connectivity index (χ1) is 14.9. The van der Waals surface area contributed by atoms with Gasteiger partial charge in [-0.2, -0.15) is 0 Å². The minimum Gasteiger partial charge on any atom is -0.493 e. The van der Waals surface area contributed by atoms with Gasteiger partial charge in [-0.05, 0) is 48.7 Å². The minimum absolute atomic E-state index is 0.0914. The lowest BCUT2D eigenvalue weighted by atomic mass is 10.1. The third-order valence-corrected chi connectivity index (χ3v) is 5.07. The Hall–Kier alpha value is -3.09. The highest BCUT2D eigenvalue weighted by Gasteiger charge is 2.26. The second-order valence-electron chi connectivity index (χ2n) is 7.33. The van der Waals surface area contributed by atoms with Crippen molar-refractivity contribution in [3.8, 4) is 11.5 Å². The van der Waals surface area contributed by atoms with Gasteiger partial charge < -0.3 is 19.7 Å². The van der Waals surface area contributed by atoms with Crippen molar-refractivity contribution in [2.45, 2.75) is 45.7 Å². The monoisotopic (exact) mass is 430 g/mol. The van der Waals surface area contributed by atoms with Gasteiger partial charge in [-0.25, -0.2) is 4.39 Å². The molecule has 0 aliphatic rings. The lowest BCUT2D eigenvalue weighted by Crippen LogP contribution is -2.48. The van der Waals surface area contributed by atoms with Gasteiger partial charge in [0.1, 0.15) is 11.9 Å². The van der Waals surface area contributed by atoms with Crippen LogP contribution in [0.3, 0.4) is 0 Å². The lowest BCUT2D eigenvalue weighted by molar-refractivity contribution is -0.140. The fourth-order valence-corrected chi connectivity index (χ4v) is 3.17. The molecule has 0 aromatic heterocycles. The molecule has 0 radical (unpaired) electrons. The van der Waals surface area contributed by atoms with E-state index in [0.717, 1.165) is 24.0 Å². The van der Waals surface area contributed by atoms with E-state index in [1.54, 1.807) is 44.4 Å². The van der Waals surface area contributed by atoms with Gasteiger partial charge in [0.2, 0.25) is 11.8 Å². The molecule has 0 fully saturated rings. The zero-order valence-corrected chi connectivity index (χ0v) is 18.6. The maximum atomic E-state index is 13.3. The van der Waals surface area contributed by atoms with Crippen LogP contribution in [0.1, 0.15) is 37.8 Å². The Labute approximate surface area is 183 Å². The van der Waals surface area contributed by atoms with Crippen LogP contribution in [0.5, 0.6) is 11.5 Å². The highest BCUT2D eigenvalue weighted by Crippen LogP contribution is 2.28. The van der Waals surface area contributed by atoms with Gasteiger partial charge in [0.25, 0.3) is 0 Å². The second-order valence-corrected chi connectivity index (χ2v) is 7.33. The van der Waals surface area contributed by atoms with Crippen LogP contribution in [0.4, 0.5) is 4.39 Å². The Morgan fingerprint density at radius 2 is 1.68 bits per heavy atom. The van der Waals surface area contributed by atoms with E-state index in [1.807, 2.05) is 6.92 Å². The van der Waals surface area contributed by atoms with Gasteiger partial charge in [-0.3, -0.25) is 9.59 Å². The molecule has 6 nitrogen and oxygen atoms in total. The number of hydrogen-bond acceptors (Lipinski definition) is 4. The van der Waals surface area contributed by atoms with Crippen molar-refractivity contribution < 1.29 is 23.5 Å². The number of ether oxygens (including phenoxy) is 2. The van der Waals surface area contributed by atoms with Gasteiger partial charge in [0.15, 0.2) is 11.5 Å². The van der Waals surface area contributed by atoms with E-state index in [1.165, 1.54) is 24.1 Å². The molecule has 0 spiro atoms. The first kappa shape index (κ1) is 24.2. The summed E-state index contributed by atoms with van der Waals surface area (Å²) in [6.07, 6.45) is 1.93.